The first kappa shape index (κ1) is 26.4. The first-order valence-electron chi connectivity index (χ1n) is 12.0. The van der Waals surface area contributed by atoms with Crippen molar-refractivity contribution in [3.63, 3.8) is 0 Å². The zero-order chi connectivity index (χ0) is 28.4. The van der Waals surface area contributed by atoms with Gasteiger partial charge in [-0.15, -0.1) is 0 Å². The van der Waals surface area contributed by atoms with E-state index in [4.69, 9.17) is 36.9 Å². The molecule has 0 radical (unpaired) electrons. The number of nitrogens with two attached hydrogens (primary N) is 3. The number of amidine groups is 2. The number of ether oxygens (including phenoxy) is 2. The number of primary sulfonamides is 1. The Morgan fingerprint density at radius 2 is 1.12 bits per heavy atom. The van der Waals surface area contributed by atoms with Gasteiger partial charge in [0.2, 0.25) is 10.0 Å². The van der Waals surface area contributed by atoms with Crippen molar-refractivity contribution in [2.24, 2.45) is 16.6 Å². The fourth-order valence-corrected chi connectivity index (χ4v) is 5.07. The lowest BCUT2D eigenvalue weighted by Crippen LogP contribution is -2.13. The van der Waals surface area contributed by atoms with Crippen molar-refractivity contribution < 1.29 is 17.9 Å². The molecular weight excluding hydrogens is 526 g/mol. The Balaban J connectivity index is 1.66. The van der Waals surface area contributed by atoms with Gasteiger partial charge in [-0.2, -0.15) is 0 Å². The Morgan fingerprint density at radius 3 is 1.60 bits per heavy atom. The second-order valence-corrected chi connectivity index (χ2v) is 10.5. The predicted molar refractivity (Wildman–Crippen MR) is 156 cm³/mol. The fraction of sp³-hybridized carbons (Fsp3) is 0. The number of nitrogen functional groups attached to an aromatic ring is 2. The molecule has 8 N–H and O–H groups in total. The SMILES string of the molecule is N=C(N)c1ccc(Oc2cc(Oc3ccc(C(=N)N)cc3)cc(-c3c(S(N)(=O)=O)ccc4ccccc34)c2)cc1. The van der Waals surface area contributed by atoms with Crippen LogP contribution < -0.4 is 26.1 Å². The molecule has 0 spiro atoms. The molecule has 0 saturated carbocycles. The van der Waals surface area contributed by atoms with Gasteiger partial charge in [-0.1, -0.05) is 30.3 Å². The van der Waals surface area contributed by atoms with Gasteiger partial charge in [0, 0.05) is 22.8 Å². The Kier molecular flexibility index (Phi) is 6.95. The van der Waals surface area contributed by atoms with Crippen LogP contribution in [0, 0.1) is 10.8 Å². The van der Waals surface area contributed by atoms with E-state index in [9.17, 15) is 8.42 Å². The highest BCUT2D eigenvalue weighted by atomic mass is 32.2. The molecular formula is C30H25N5O4S. The van der Waals surface area contributed by atoms with Crippen LogP contribution in [0.15, 0.2) is 108 Å². The lowest BCUT2D eigenvalue weighted by atomic mass is 9.97. The zero-order valence-electron chi connectivity index (χ0n) is 21.1. The van der Waals surface area contributed by atoms with Gasteiger partial charge in [-0.05, 0) is 83.1 Å². The Hall–Kier alpha value is -5.19. The number of hydrogen-bond donors (Lipinski definition) is 5. The molecule has 0 atom stereocenters. The first-order valence-corrected chi connectivity index (χ1v) is 13.6. The zero-order valence-corrected chi connectivity index (χ0v) is 21.9. The van der Waals surface area contributed by atoms with E-state index < -0.39 is 10.0 Å². The highest BCUT2D eigenvalue weighted by molar-refractivity contribution is 7.89. The summed E-state index contributed by atoms with van der Waals surface area (Å²) >= 11 is 0. The van der Waals surface area contributed by atoms with Crippen molar-refractivity contribution in [2.45, 2.75) is 4.90 Å². The molecule has 0 aliphatic heterocycles. The van der Waals surface area contributed by atoms with Crippen molar-refractivity contribution in [3.05, 3.63) is 114 Å². The van der Waals surface area contributed by atoms with Gasteiger partial charge in [-0.25, -0.2) is 13.6 Å². The molecule has 0 aliphatic rings. The topological polar surface area (TPSA) is 178 Å². The molecule has 0 saturated heterocycles. The summed E-state index contributed by atoms with van der Waals surface area (Å²) in [5.41, 5.74) is 13.1. The van der Waals surface area contributed by atoms with Crippen LogP contribution in [0.3, 0.4) is 0 Å². The minimum Gasteiger partial charge on any atom is -0.457 e. The first-order chi connectivity index (χ1) is 19.1. The lowest BCUT2D eigenvalue weighted by Gasteiger charge is -2.16. The Bertz CT molecular complexity index is 1790. The number of fused-ring (bicyclic) bond motifs is 1. The molecule has 0 bridgehead atoms. The van der Waals surface area contributed by atoms with Crippen LogP contribution in [0.5, 0.6) is 23.0 Å². The molecule has 0 heterocycles. The van der Waals surface area contributed by atoms with Crippen molar-refractivity contribution in [1.29, 1.82) is 10.8 Å². The molecule has 10 heteroatoms. The third-order valence-corrected chi connectivity index (χ3v) is 7.12. The summed E-state index contributed by atoms with van der Waals surface area (Å²) in [4.78, 5) is -0.0362. The highest BCUT2D eigenvalue weighted by Gasteiger charge is 2.20. The fourth-order valence-electron chi connectivity index (χ4n) is 4.30. The summed E-state index contributed by atoms with van der Waals surface area (Å²) in [6.07, 6.45) is 0. The van der Waals surface area contributed by atoms with Crippen molar-refractivity contribution in [2.75, 3.05) is 0 Å². The lowest BCUT2D eigenvalue weighted by molar-refractivity contribution is 0.460. The molecule has 9 nitrogen and oxygen atoms in total. The molecule has 40 heavy (non-hydrogen) atoms. The van der Waals surface area contributed by atoms with Crippen molar-refractivity contribution in [1.82, 2.24) is 0 Å². The van der Waals surface area contributed by atoms with Gasteiger partial charge < -0.3 is 20.9 Å². The highest BCUT2D eigenvalue weighted by Crippen LogP contribution is 2.40. The summed E-state index contributed by atoms with van der Waals surface area (Å²) in [6.45, 7) is 0. The quantitative estimate of drug-likeness (QED) is 0.129. The standard InChI is InChI=1S/C30H25N5O4S/c31-29(32)19-5-10-22(11-6-19)38-24-15-21(16-25(17-24)39-23-12-7-20(8-13-23)30(33)34)28-26-4-2-1-3-18(26)9-14-27(28)40(35,36)37/h1-17H,(H3,31,32)(H3,33,34)(H2,35,36,37). The average Bonchev–Trinajstić information content (AvgIpc) is 2.92. The number of benzene rings is 5. The maximum absolute atomic E-state index is 12.7. The van der Waals surface area contributed by atoms with E-state index in [1.54, 1.807) is 72.8 Å². The number of nitrogens with one attached hydrogen (secondary N) is 2. The van der Waals surface area contributed by atoms with Crippen LogP contribution in [-0.2, 0) is 10.0 Å². The Labute approximate surface area is 230 Å². The van der Waals surface area contributed by atoms with Crippen LogP contribution in [0.4, 0.5) is 0 Å². The molecule has 5 rings (SSSR count). The van der Waals surface area contributed by atoms with Gasteiger partial charge in [0.25, 0.3) is 0 Å². The van der Waals surface area contributed by atoms with Crippen molar-refractivity contribution in [3.8, 4) is 34.1 Å². The molecule has 200 valence electrons. The molecule has 0 aliphatic carbocycles. The minimum absolute atomic E-state index is 0.0362. The van der Waals surface area contributed by atoms with E-state index in [0.29, 0.717) is 50.6 Å². The van der Waals surface area contributed by atoms with Gasteiger partial charge in [0.05, 0.1) is 4.90 Å². The molecule has 0 aromatic heterocycles. The summed E-state index contributed by atoms with van der Waals surface area (Å²) in [7, 11) is -4.09. The minimum atomic E-state index is -4.09. The summed E-state index contributed by atoms with van der Waals surface area (Å²) in [6, 6.07) is 29.1. The second-order valence-electron chi connectivity index (χ2n) is 8.98. The molecule has 0 amide bonds. The second kappa shape index (κ2) is 10.5. The third-order valence-electron chi connectivity index (χ3n) is 6.17. The summed E-state index contributed by atoms with van der Waals surface area (Å²) in [5, 5.41) is 22.4. The van der Waals surface area contributed by atoms with Crippen LogP contribution in [0.1, 0.15) is 11.1 Å². The molecule has 0 unspecified atom stereocenters. The van der Waals surface area contributed by atoms with E-state index in [-0.39, 0.29) is 16.6 Å². The van der Waals surface area contributed by atoms with E-state index >= 15 is 0 Å². The molecule has 5 aromatic rings. The number of rotatable bonds is 8. The monoisotopic (exact) mass is 551 g/mol. The van der Waals surface area contributed by atoms with E-state index in [0.717, 1.165) is 5.39 Å². The van der Waals surface area contributed by atoms with Gasteiger partial charge in [0.1, 0.15) is 34.7 Å². The maximum Gasteiger partial charge on any atom is 0.238 e. The molecule has 5 aromatic carbocycles. The average molecular weight is 552 g/mol. The predicted octanol–water partition coefficient (Wildman–Crippen LogP) is 5.31. The van der Waals surface area contributed by atoms with Crippen LogP contribution in [0.2, 0.25) is 0 Å². The van der Waals surface area contributed by atoms with Gasteiger partial charge in [0.15, 0.2) is 0 Å². The van der Waals surface area contributed by atoms with Crippen LogP contribution in [0.25, 0.3) is 21.9 Å². The van der Waals surface area contributed by atoms with Gasteiger partial charge >= 0.3 is 0 Å². The number of hydrogen-bond acceptors (Lipinski definition) is 6. The van der Waals surface area contributed by atoms with Crippen molar-refractivity contribution >= 4 is 32.5 Å². The van der Waals surface area contributed by atoms with Crippen LogP contribution >= 0.6 is 0 Å². The van der Waals surface area contributed by atoms with E-state index in [1.165, 1.54) is 6.07 Å². The summed E-state index contributed by atoms with van der Waals surface area (Å²) in [5.74, 6) is 1.57. The Morgan fingerprint density at radius 1 is 0.625 bits per heavy atom. The van der Waals surface area contributed by atoms with Crippen LogP contribution in [-0.4, -0.2) is 20.1 Å². The normalized spacial score (nSPS) is 11.2. The summed E-state index contributed by atoms with van der Waals surface area (Å²) < 4.78 is 37.6. The largest absolute Gasteiger partial charge is 0.457 e. The molecule has 0 fully saturated rings. The third kappa shape index (κ3) is 5.63. The smallest absolute Gasteiger partial charge is 0.238 e. The van der Waals surface area contributed by atoms with E-state index in [2.05, 4.69) is 0 Å². The van der Waals surface area contributed by atoms with Gasteiger partial charge in [-0.3, -0.25) is 10.8 Å². The van der Waals surface area contributed by atoms with E-state index in [1.807, 2.05) is 24.3 Å². The number of sulfonamides is 1. The maximum atomic E-state index is 12.7.